The fourth-order valence-corrected chi connectivity index (χ4v) is 4.60. The van der Waals surface area contributed by atoms with Crippen molar-refractivity contribution in [2.75, 3.05) is 0 Å². The van der Waals surface area contributed by atoms with Gasteiger partial charge in [-0.1, -0.05) is 54.2 Å². The van der Waals surface area contributed by atoms with Crippen LogP contribution in [0.3, 0.4) is 0 Å². The van der Waals surface area contributed by atoms with E-state index >= 15 is 0 Å². The largest absolute Gasteiger partial charge is 0.416 e. The normalized spacial score (nSPS) is 11.7. The van der Waals surface area contributed by atoms with Crippen molar-refractivity contribution in [1.29, 1.82) is 0 Å². The monoisotopic (exact) mass is 446 g/mol. The summed E-state index contributed by atoms with van der Waals surface area (Å²) in [5, 5.41) is 12.0. The summed E-state index contributed by atoms with van der Waals surface area (Å²) in [6.45, 7) is 0. The number of aromatic nitrogens is 4. The summed E-state index contributed by atoms with van der Waals surface area (Å²) in [6.07, 6.45) is -3.63. The van der Waals surface area contributed by atoms with Crippen LogP contribution < -0.4 is 0 Å². The first-order chi connectivity index (χ1) is 14.4. The average molecular weight is 447 g/mol. The van der Waals surface area contributed by atoms with Gasteiger partial charge in [-0.15, -0.1) is 21.5 Å². The first-order valence-electron chi connectivity index (χ1n) is 9.07. The molecular weight excluding hydrogens is 429 g/mol. The van der Waals surface area contributed by atoms with Crippen molar-refractivity contribution in [3.63, 3.8) is 0 Å². The molecule has 2 aromatic heterocycles. The molecule has 154 valence electrons. The van der Waals surface area contributed by atoms with E-state index in [-0.39, 0.29) is 0 Å². The molecule has 0 bridgehead atoms. The number of benzene rings is 2. The molecule has 9 heteroatoms. The maximum Gasteiger partial charge on any atom is 0.416 e. The summed E-state index contributed by atoms with van der Waals surface area (Å²) < 4.78 is 40.1. The number of hydrogen-bond donors (Lipinski definition) is 0. The predicted molar refractivity (Wildman–Crippen MR) is 112 cm³/mol. The lowest BCUT2D eigenvalue weighted by atomic mass is 10.1. The molecule has 0 saturated heterocycles. The number of rotatable bonds is 6. The van der Waals surface area contributed by atoms with Gasteiger partial charge in [0.25, 0.3) is 0 Å². The topological polar surface area (TPSA) is 43.6 Å². The lowest BCUT2D eigenvalue weighted by Gasteiger charge is -2.06. The van der Waals surface area contributed by atoms with E-state index in [2.05, 4.69) is 27.3 Å². The number of hydrogen-bond acceptors (Lipinski definition) is 5. The van der Waals surface area contributed by atoms with Crippen molar-refractivity contribution in [3.05, 3.63) is 82.6 Å². The van der Waals surface area contributed by atoms with E-state index in [4.69, 9.17) is 0 Å². The number of thiazole rings is 1. The van der Waals surface area contributed by atoms with Crippen molar-refractivity contribution in [2.45, 2.75) is 23.5 Å². The van der Waals surface area contributed by atoms with Crippen molar-refractivity contribution < 1.29 is 13.2 Å². The van der Waals surface area contributed by atoms with E-state index in [9.17, 15) is 13.2 Å². The van der Waals surface area contributed by atoms with Gasteiger partial charge in [0.05, 0.1) is 11.3 Å². The van der Waals surface area contributed by atoms with Crippen molar-refractivity contribution in [3.8, 4) is 10.6 Å². The van der Waals surface area contributed by atoms with Crippen LogP contribution in [-0.2, 0) is 25.4 Å². The molecule has 4 nitrogen and oxygen atoms in total. The van der Waals surface area contributed by atoms with Crippen LogP contribution in [0, 0.1) is 0 Å². The number of alkyl halides is 3. The van der Waals surface area contributed by atoms with Crippen LogP contribution in [0.5, 0.6) is 0 Å². The maximum atomic E-state index is 12.7. The summed E-state index contributed by atoms with van der Waals surface area (Å²) in [6, 6.07) is 15.2. The Balaban J connectivity index is 1.40. The fourth-order valence-electron chi connectivity index (χ4n) is 2.85. The first-order valence-corrected chi connectivity index (χ1v) is 10.9. The van der Waals surface area contributed by atoms with Gasteiger partial charge in [0, 0.05) is 30.2 Å². The van der Waals surface area contributed by atoms with Gasteiger partial charge in [-0.25, -0.2) is 4.98 Å². The molecule has 0 fully saturated rings. The predicted octanol–water partition coefficient (Wildman–Crippen LogP) is 5.84. The van der Waals surface area contributed by atoms with Crippen molar-refractivity contribution in [1.82, 2.24) is 19.7 Å². The van der Waals surface area contributed by atoms with E-state index in [0.717, 1.165) is 28.8 Å². The molecule has 0 radical (unpaired) electrons. The molecule has 0 N–H and O–H groups in total. The van der Waals surface area contributed by atoms with Gasteiger partial charge in [0.15, 0.2) is 5.16 Å². The molecule has 4 aromatic rings. The van der Waals surface area contributed by atoms with Crippen LogP contribution >= 0.6 is 23.1 Å². The highest BCUT2D eigenvalue weighted by molar-refractivity contribution is 7.98. The molecule has 0 atom stereocenters. The molecule has 30 heavy (non-hydrogen) atoms. The second kappa shape index (κ2) is 8.61. The molecule has 0 saturated carbocycles. The second-order valence-corrected chi connectivity index (χ2v) is 8.43. The quantitative estimate of drug-likeness (QED) is 0.349. The van der Waals surface area contributed by atoms with E-state index < -0.39 is 11.7 Å². The molecule has 0 aliphatic rings. The zero-order chi connectivity index (χ0) is 21.1. The minimum atomic E-state index is -4.33. The summed E-state index contributed by atoms with van der Waals surface area (Å²) in [5.41, 5.74) is 2.04. The minimum absolute atomic E-state index is 0.606. The SMILES string of the molecule is Cn1c(Cc2ccccc2)nnc1SCc1csc(-c2ccc(C(F)(F)F)cc2)n1. The average Bonchev–Trinajstić information content (AvgIpc) is 3.34. The third-order valence-corrected chi connectivity index (χ3v) is 6.48. The Kier molecular flexibility index (Phi) is 5.92. The molecule has 0 spiro atoms. The zero-order valence-corrected chi connectivity index (χ0v) is 17.6. The summed E-state index contributed by atoms with van der Waals surface area (Å²) >= 11 is 2.94. The lowest BCUT2D eigenvalue weighted by molar-refractivity contribution is -0.137. The first kappa shape index (κ1) is 20.6. The molecular formula is C21H17F3N4S2. The molecule has 0 unspecified atom stereocenters. The molecule has 0 aliphatic carbocycles. The Bertz CT molecular complexity index is 1120. The third-order valence-electron chi connectivity index (χ3n) is 4.49. The van der Waals surface area contributed by atoms with Gasteiger partial charge < -0.3 is 4.57 Å². The van der Waals surface area contributed by atoms with Crippen LogP contribution in [0.4, 0.5) is 13.2 Å². The second-order valence-electron chi connectivity index (χ2n) is 6.63. The maximum absolute atomic E-state index is 12.7. The van der Waals surface area contributed by atoms with Crippen LogP contribution in [0.1, 0.15) is 22.6 Å². The third kappa shape index (κ3) is 4.73. The summed E-state index contributed by atoms with van der Waals surface area (Å²) in [7, 11) is 1.94. The zero-order valence-electron chi connectivity index (χ0n) is 15.9. The molecule has 4 rings (SSSR count). The smallest absolute Gasteiger partial charge is 0.309 e. The van der Waals surface area contributed by atoms with Crippen LogP contribution in [0.2, 0.25) is 0 Å². The van der Waals surface area contributed by atoms with Crippen molar-refractivity contribution >= 4 is 23.1 Å². The van der Waals surface area contributed by atoms with E-state index in [0.29, 0.717) is 22.7 Å². The number of halogens is 3. The molecule has 2 heterocycles. The van der Waals surface area contributed by atoms with Crippen molar-refractivity contribution in [2.24, 2.45) is 7.05 Å². The Hall–Kier alpha value is -2.65. The minimum Gasteiger partial charge on any atom is -0.309 e. The Labute approximate surface area is 179 Å². The van der Waals surface area contributed by atoms with Crippen LogP contribution in [-0.4, -0.2) is 19.7 Å². The van der Waals surface area contributed by atoms with E-state index in [1.165, 1.54) is 40.8 Å². The molecule has 0 aliphatic heterocycles. The number of thioether (sulfide) groups is 1. The van der Waals surface area contributed by atoms with Gasteiger partial charge in [-0.3, -0.25) is 0 Å². The van der Waals surface area contributed by atoms with Gasteiger partial charge in [-0.2, -0.15) is 13.2 Å². The van der Waals surface area contributed by atoms with Gasteiger partial charge in [-0.05, 0) is 17.7 Å². The van der Waals surface area contributed by atoms with E-state index in [1.54, 1.807) is 0 Å². The van der Waals surface area contributed by atoms with Gasteiger partial charge in [0.1, 0.15) is 10.8 Å². The van der Waals surface area contributed by atoms with Crippen LogP contribution in [0.25, 0.3) is 10.6 Å². The van der Waals surface area contributed by atoms with E-state index in [1.807, 2.05) is 35.2 Å². The fraction of sp³-hybridized carbons (Fsp3) is 0.190. The van der Waals surface area contributed by atoms with Crippen LogP contribution in [0.15, 0.2) is 65.1 Å². The lowest BCUT2D eigenvalue weighted by Crippen LogP contribution is -2.03. The Morgan fingerprint density at radius 1 is 1.00 bits per heavy atom. The molecule has 2 aromatic carbocycles. The van der Waals surface area contributed by atoms with Gasteiger partial charge in [0.2, 0.25) is 0 Å². The Morgan fingerprint density at radius 3 is 2.43 bits per heavy atom. The highest BCUT2D eigenvalue weighted by Gasteiger charge is 2.30. The Morgan fingerprint density at radius 2 is 1.73 bits per heavy atom. The standard InChI is InChI=1S/C21H17F3N4S2/c1-28-18(11-14-5-3-2-4-6-14)26-27-20(28)30-13-17-12-29-19(25-17)15-7-9-16(10-8-15)21(22,23)24/h2-10,12H,11,13H2,1H3. The highest BCUT2D eigenvalue weighted by atomic mass is 32.2. The van der Waals surface area contributed by atoms with Gasteiger partial charge >= 0.3 is 6.18 Å². The highest BCUT2D eigenvalue weighted by Crippen LogP contribution is 2.32. The molecule has 0 amide bonds. The number of nitrogens with zero attached hydrogens (tertiary/aromatic N) is 4. The summed E-state index contributed by atoms with van der Waals surface area (Å²) in [4.78, 5) is 4.55. The summed E-state index contributed by atoms with van der Waals surface area (Å²) in [5.74, 6) is 1.49.